The van der Waals surface area contributed by atoms with E-state index in [2.05, 4.69) is 33.1 Å². The molecule has 0 radical (unpaired) electrons. The highest BCUT2D eigenvalue weighted by molar-refractivity contribution is 5.93. The number of piperidine rings is 1. The van der Waals surface area contributed by atoms with Gasteiger partial charge in [-0.25, -0.2) is 9.97 Å². The average molecular weight is 380 g/mol. The summed E-state index contributed by atoms with van der Waals surface area (Å²) < 4.78 is 0. The highest BCUT2D eigenvalue weighted by atomic mass is 16.3. The Bertz CT molecular complexity index is 857. The summed E-state index contributed by atoms with van der Waals surface area (Å²) in [6.07, 6.45) is 5.06. The predicted molar refractivity (Wildman–Crippen MR) is 107 cm³/mol. The number of rotatable bonds is 3. The van der Waals surface area contributed by atoms with Crippen LogP contribution in [0.2, 0.25) is 0 Å². The van der Waals surface area contributed by atoms with Crippen molar-refractivity contribution in [3.63, 3.8) is 0 Å². The Morgan fingerprint density at radius 1 is 1.21 bits per heavy atom. The van der Waals surface area contributed by atoms with E-state index < -0.39 is 6.10 Å². The Balaban J connectivity index is 1.55. The molecule has 1 fully saturated rings. The first-order chi connectivity index (χ1) is 13.5. The minimum absolute atomic E-state index is 0.00607. The first kappa shape index (κ1) is 19.0. The number of aromatic nitrogens is 2. The molecule has 2 atom stereocenters. The van der Waals surface area contributed by atoms with E-state index in [0.29, 0.717) is 18.7 Å². The number of likely N-dealkylation sites (N-methyl/N-ethyl adjacent to an activating group) is 1. The van der Waals surface area contributed by atoms with Crippen LogP contribution in [0, 0.1) is 0 Å². The van der Waals surface area contributed by atoms with Crippen molar-refractivity contribution < 1.29 is 9.90 Å². The van der Waals surface area contributed by atoms with Crippen LogP contribution in [-0.4, -0.2) is 64.1 Å². The van der Waals surface area contributed by atoms with Crippen molar-refractivity contribution in [2.24, 2.45) is 0 Å². The number of carbonyl (C=O) groups excluding carboxylic acids is 1. The van der Waals surface area contributed by atoms with Crippen LogP contribution in [0.3, 0.4) is 0 Å². The first-order valence-electron chi connectivity index (χ1n) is 10.0. The molecule has 6 heteroatoms. The molecule has 1 aliphatic heterocycles. The van der Waals surface area contributed by atoms with E-state index in [9.17, 15) is 9.90 Å². The van der Waals surface area contributed by atoms with Gasteiger partial charge in [0.25, 0.3) is 5.91 Å². The Morgan fingerprint density at radius 2 is 1.86 bits per heavy atom. The Morgan fingerprint density at radius 3 is 2.46 bits per heavy atom. The van der Waals surface area contributed by atoms with Crippen LogP contribution in [0.15, 0.2) is 36.7 Å². The molecule has 4 rings (SSSR count). The van der Waals surface area contributed by atoms with Gasteiger partial charge in [0.2, 0.25) is 0 Å². The van der Waals surface area contributed by atoms with Crippen molar-refractivity contribution in [1.82, 2.24) is 19.8 Å². The fourth-order valence-electron chi connectivity index (χ4n) is 4.90. The third-order valence-electron chi connectivity index (χ3n) is 6.45. The molecule has 2 aromatic rings. The summed E-state index contributed by atoms with van der Waals surface area (Å²) in [6.45, 7) is 3.24. The molecule has 2 aliphatic rings. The largest absolute Gasteiger partial charge is 0.390 e. The molecule has 148 valence electrons. The number of likely N-dealkylation sites (tertiary alicyclic amines) is 1. The summed E-state index contributed by atoms with van der Waals surface area (Å²) in [5, 5.41) is 11.3. The maximum absolute atomic E-state index is 12.9. The minimum atomic E-state index is -0.468. The van der Waals surface area contributed by atoms with E-state index in [1.54, 1.807) is 12.4 Å². The summed E-state index contributed by atoms with van der Waals surface area (Å²) in [7, 11) is 4.03. The smallest absolute Gasteiger partial charge is 0.256 e. The standard InChI is InChI=1S/C22H28N4O2/c1-4-18-23-13-15(14-24-18)21(28)26-11-9-22(10-12-26)17-8-6-5-7-16(17)19(20(22)27)25(2)3/h5-8,13-14,19-20,27H,4,9-12H2,1-3H3/t19-,20+/m1/s1. The summed E-state index contributed by atoms with van der Waals surface area (Å²) >= 11 is 0. The van der Waals surface area contributed by atoms with E-state index in [1.165, 1.54) is 11.1 Å². The fourth-order valence-corrected chi connectivity index (χ4v) is 4.90. The quantitative estimate of drug-likeness (QED) is 0.884. The number of carbonyl (C=O) groups is 1. The summed E-state index contributed by atoms with van der Waals surface area (Å²) in [6, 6.07) is 8.36. The number of aliphatic hydroxyl groups excluding tert-OH is 1. The Labute approximate surface area is 166 Å². The summed E-state index contributed by atoms with van der Waals surface area (Å²) in [4.78, 5) is 25.3. The van der Waals surface area contributed by atoms with Crippen LogP contribution < -0.4 is 0 Å². The number of benzene rings is 1. The molecular formula is C22H28N4O2. The van der Waals surface area contributed by atoms with Crippen LogP contribution in [0.4, 0.5) is 0 Å². The van der Waals surface area contributed by atoms with Crippen molar-refractivity contribution in [1.29, 1.82) is 0 Å². The third-order valence-corrected chi connectivity index (χ3v) is 6.45. The molecule has 1 amide bonds. The van der Waals surface area contributed by atoms with Crippen molar-refractivity contribution in [2.45, 2.75) is 43.7 Å². The molecule has 1 N–H and O–H groups in total. The lowest BCUT2D eigenvalue weighted by atomic mass is 9.72. The molecule has 0 saturated carbocycles. The zero-order valence-electron chi connectivity index (χ0n) is 16.8. The zero-order valence-corrected chi connectivity index (χ0v) is 16.8. The number of fused-ring (bicyclic) bond motifs is 2. The van der Waals surface area contributed by atoms with Crippen molar-refractivity contribution in [2.75, 3.05) is 27.2 Å². The van der Waals surface area contributed by atoms with Gasteiger partial charge in [-0.15, -0.1) is 0 Å². The molecule has 1 saturated heterocycles. The minimum Gasteiger partial charge on any atom is -0.390 e. The molecule has 28 heavy (non-hydrogen) atoms. The number of hydrogen-bond donors (Lipinski definition) is 1. The number of nitrogens with zero attached hydrogens (tertiary/aromatic N) is 4. The molecule has 6 nitrogen and oxygen atoms in total. The lowest BCUT2D eigenvalue weighted by Gasteiger charge is -2.43. The highest BCUT2D eigenvalue weighted by Gasteiger charge is 2.53. The van der Waals surface area contributed by atoms with Gasteiger partial charge < -0.3 is 14.9 Å². The average Bonchev–Trinajstić information content (AvgIpc) is 2.96. The van der Waals surface area contributed by atoms with E-state index in [0.717, 1.165) is 25.1 Å². The van der Waals surface area contributed by atoms with Gasteiger partial charge in [0.15, 0.2) is 0 Å². The topological polar surface area (TPSA) is 69.6 Å². The molecule has 0 unspecified atom stereocenters. The van der Waals surface area contributed by atoms with E-state index in [-0.39, 0.29) is 17.4 Å². The number of amides is 1. The van der Waals surface area contributed by atoms with Crippen LogP contribution in [0.5, 0.6) is 0 Å². The zero-order chi connectivity index (χ0) is 19.9. The van der Waals surface area contributed by atoms with Crippen LogP contribution in [0.25, 0.3) is 0 Å². The van der Waals surface area contributed by atoms with Gasteiger partial charge in [-0.3, -0.25) is 4.79 Å². The molecule has 2 heterocycles. The van der Waals surface area contributed by atoms with Gasteiger partial charge >= 0.3 is 0 Å². The molecular weight excluding hydrogens is 352 g/mol. The maximum Gasteiger partial charge on any atom is 0.256 e. The van der Waals surface area contributed by atoms with Gasteiger partial charge in [-0.2, -0.15) is 0 Å². The lowest BCUT2D eigenvalue weighted by Crippen LogP contribution is -2.50. The maximum atomic E-state index is 12.9. The van der Waals surface area contributed by atoms with Gasteiger partial charge in [0.1, 0.15) is 5.82 Å². The van der Waals surface area contributed by atoms with Crippen LogP contribution in [-0.2, 0) is 11.8 Å². The van der Waals surface area contributed by atoms with Crippen LogP contribution >= 0.6 is 0 Å². The summed E-state index contributed by atoms with van der Waals surface area (Å²) in [5.41, 5.74) is 2.70. The van der Waals surface area contributed by atoms with Crippen LogP contribution in [0.1, 0.15) is 53.1 Å². The second-order valence-electron chi connectivity index (χ2n) is 8.13. The Hall–Kier alpha value is -2.31. The number of aryl methyl sites for hydroxylation is 1. The van der Waals surface area contributed by atoms with Gasteiger partial charge in [-0.1, -0.05) is 31.2 Å². The second kappa shape index (κ2) is 7.26. The van der Waals surface area contributed by atoms with E-state index in [4.69, 9.17) is 0 Å². The van der Waals surface area contributed by atoms with Gasteiger partial charge in [0, 0.05) is 37.3 Å². The predicted octanol–water partition coefficient (Wildman–Crippen LogP) is 2.19. The first-order valence-corrected chi connectivity index (χ1v) is 10.0. The SMILES string of the molecule is CCc1ncc(C(=O)N2CCC3(CC2)c2ccccc2[C@@H](N(C)C)[C@@H]3O)cn1. The molecule has 1 spiro atoms. The fraction of sp³-hybridized carbons (Fsp3) is 0.500. The second-order valence-corrected chi connectivity index (χ2v) is 8.13. The summed E-state index contributed by atoms with van der Waals surface area (Å²) in [5.74, 6) is 0.719. The van der Waals surface area contributed by atoms with Crippen molar-refractivity contribution in [3.05, 3.63) is 59.2 Å². The molecule has 1 aliphatic carbocycles. The van der Waals surface area contributed by atoms with Gasteiger partial charge in [0.05, 0.1) is 17.7 Å². The molecule has 1 aromatic heterocycles. The van der Waals surface area contributed by atoms with E-state index in [1.807, 2.05) is 32.0 Å². The van der Waals surface area contributed by atoms with Crippen molar-refractivity contribution in [3.8, 4) is 0 Å². The molecule has 1 aromatic carbocycles. The molecule has 0 bridgehead atoms. The lowest BCUT2D eigenvalue weighted by molar-refractivity contribution is -0.00146. The number of hydrogen-bond acceptors (Lipinski definition) is 5. The number of aliphatic hydroxyl groups is 1. The van der Waals surface area contributed by atoms with E-state index >= 15 is 0 Å². The van der Waals surface area contributed by atoms with Crippen molar-refractivity contribution >= 4 is 5.91 Å². The highest BCUT2D eigenvalue weighted by Crippen LogP contribution is 2.52. The monoisotopic (exact) mass is 380 g/mol. The van der Waals surface area contributed by atoms with Gasteiger partial charge in [-0.05, 0) is 38.1 Å². The third kappa shape index (κ3) is 2.91. The normalized spacial score (nSPS) is 23.2. The Kier molecular flexibility index (Phi) is 4.93.